The number of hydrogen-bond acceptors (Lipinski definition) is 2. The molecular formula is C9H20N2S. The standard InChI is InChI=1S/C9H20N2S/c1-5-8(3)11(4)6-7(2)9(10)12/h7-8H,5-6H2,1-4H3,(H2,10,12). The molecule has 2 N–H and O–H groups in total. The van der Waals surface area contributed by atoms with Crippen molar-refractivity contribution >= 4 is 17.2 Å². The summed E-state index contributed by atoms with van der Waals surface area (Å²) in [7, 11) is 2.11. The van der Waals surface area contributed by atoms with E-state index in [1.807, 2.05) is 0 Å². The highest BCUT2D eigenvalue weighted by Gasteiger charge is 2.12. The molecule has 0 heterocycles. The Kier molecular flexibility index (Phi) is 5.42. The average Bonchev–Trinajstić information content (AvgIpc) is 2.02. The van der Waals surface area contributed by atoms with Crippen LogP contribution in [0.4, 0.5) is 0 Å². The Balaban J connectivity index is 3.83. The Morgan fingerprint density at radius 1 is 1.50 bits per heavy atom. The average molecular weight is 188 g/mol. The van der Waals surface area contributed by atoms with Crippen molar-refractivity contribution in [3.8, 4) is 0 Å². The van der Waals surface area contributed by atoms with Gasteiger partial charge in [-0.3, -0.25) is 0 Å². The molecule has 2 unspecified atom stereocenters. The Morgan fingerprint density at radius 2 is 2.00 bits per heavy atom. The predicted molar refractivity (Wildman–Crippen MR) is 58.3 cm³/mol. The van der Waals surface area contributed by atoms with Crippen molar-refractivity contribution in [3.05, 3.63) is 0 Å². The van der Waals surface area contributed by atoms with Crippen LogP contribution >= 0.6 is 12.2 Å². The van der Waals surface area contributed by atoms with Gasteiger partial charge in [-0.2, -0.15) is 0 Å². The van der Waals surface area contributed by atoms with E-state index in [0.717, 1.165) is 6.54 Å². The molecule has 0 fully saturated rings. The van der Waals surface area contributed by atoms with Gasteiger partial charge in [0.15, 0.2) is 0 Å². The van der Waals surface area contributed by atoms with Crippen molar-refractivity contribution in [1.82, 2.24) is 4.90 Å². The van der Waals surface area contributed by atoms with Crippen molar-refractivity contribution in [1.29, 1.82) is 0 Å². The molecule has 0 aliphatic carbocycles. The van der Waals surface area contributed by atoms with Crippen LogP contribution in [0.1, 0.15) is 27.2 Å². The molecule has 2 atom stereocenters. The van der Waals surface area contributed by atoms with Gasteiger partial charge in [0.2, 0.25) is 0 Å². The number of nitrogens with zero attached hydrogens (tertiary/aromatic N) is 1. The summed E-state index contributed by atoms with van der Waals surface area (Å²) in [5.74, 6) is 0.319. The van der Waals surface area contributed by atoms with Gasteiger partial charge in [0.25, 0.3) is 0 Å². The molecule has 72 valence electrons. The molecule has 3 heteroatoms. The third-order valence-corrected chi connectivity index (χ3v) is 2.79. The van der Waals surface area contributed by atoms with Crippen LogP contribution < -0.4 is 5.73 Å². The first kappa shape index (κ1) is 11.8. The van der Waals surface area contributed by atoms with E-state index in [0.29, 0.717) is 16.9 Å². The first-order valence-electron chi connectivity index (χ1n) is 4.48. The van der Waals surface area contributed by atoms with E-state index in [9.17, 15) is 0 Å². The molecule has 0 radical (unpaired) electrons. The second kappa shape index (κ2) is 5.49. The second-order valence-corrected chi connectivity index (χ2v) is 3.97. The summed E-state index contributed by atoms with van der Waals surface area (Å²) < 4.78 is 0. The summed E-state index contributed by atoms with van der Waals surface area (Å²) in [6.45, 7) is 7.43. The van der Waals surface area contributed by atoms with E-state index < -0.39 is 0 Å². The zero-order chi connectivity index (χ0) is 9.72. The van der Waals surface area contributed by atoms with E-state index in [1.54, 1.807) is 0 Å². The number of rotatable bonds is 5. The summed E-state index contributed by atoms with van der Waals surface area (Å²) in [5, 5.41) is 0. The number of nitrogens with two attached hydrogens (primary N) is 1. The lowest BCUT2D eigenvalue weighted by Gasteiger charge is -2.26. The number of hydrogen-bond donors (Lipinski definition) is 1. The van der Waals surface area contributed by atoms with Crippen LogP contribution in [0.3, 0.4) is 0 Å². The molecule has 0 aromatic rings. The van der Waals surface area contributed by atoms with Crippen LogP contribution in [0.5, 0.6) is 0 Å². The van der Waals surface area contributed by atoms with E-state index in [-0.39, 0.29) is 0 Å². The van der Waals surface area contributed by atoms with Gasteiger partial charge in [-0.05, 0) is 20.4 Å². The first-order valence-corrected chi connectivity index (χ1v) is 4.89. The summed E-state index contributed by atoms with van der Waals surface area (Å²) in [4.78, 5) is 2.91. The van der Waals surface area contributed by atoms with Crippen LogP contribution in [0, 0.1) is 5.92 Å². The Labute approximate surface area is 81.1 Å². The zero-order valence-corrected chi connectivity index (χ0v) is 9.32. The van der Waals surface area contributed by atoms with Crippen LogP contribution in [0.15, 0.2) is 0 Å². The van der Waals surface area contributed by atoms with Crippen molar-refractivity contribution in [3.63, 3.8) is 0 Å². The fourth-order valence-electron chi connectivity index (χ4n) is 1.01. The minimum Gasteiger partial charge on any atom is -0.393 e. The lowest BCUT2D eigenvalue weighted by Crippen LogP contribution is -2.36. The molecule has 12 heavy (non-hydrogen) atoms. The topological polar surface area (TPSA) is 29.3 Å². The minimum absolute atomic E-state index is 0.319. The van der Waals surface area contributed by atoms with Gasteiger partial charge >= 0.3 is 0 Å². The summed E-state index contributed by atoms with van der Waals surface area (Å²) >= 11 is 4.91. The van der Waals surface area contributed by atoms with Crippen molar-refractivity contribution in [2.75, 3.05) is 13.6 Å². The van der Waals surface area contributed by atoms with Crippen molar-refractivity contribution in [2.45, 2.75) is 33.2 Å². The summed E-state index contributed by atoms with van der Waals surface area (Å²) in [6, 6.07) is 0.613. The number of thiocarbonyl (C=S) groups is 1. The van der Waals surface area contributed by atoms with Crippen LogP contribution in [-0.2, 0) is 0 Å². The molecule has 0 aromatic carbocycles. The normalized spacial score (nSPS) is 16.1. The molecule has 0 amide bonds. The maximum atomic E-state index is 5.53. The van der Waals surface area contributed by atoms with Gasteiger partial charge in [-0.15, -0.1) is 0 Å². The summed E-state index contributed by atoms with van der Waals surface area (Å²) in [6.07, 6.45) is 1.17. The zero-order valence-electron chi connectivity index (χ0n) is 8.50. The molecule has 0 rings (SSSR count). The largest absolute Gasteiger partial charge is 0.393 e. The lowest BCUT2D eigenvalue weighted by atomic mass is 10.1. The first-order chi connectivity index (χ1) is 5.49. The second-order valence-electron chi connectivity index (χ2n) is 3.50. The highest BCUT2D eigenvalue weighted by molar-refractivity contribution is 7.80. The van der Waals surface area contributed by atoms with Crippen LogP contribution in [-0.4, -0.2) is 29.5 Å². The monoisotopic (exact) mass is 188 g/mol. The van der Waals surface area contributed by atoms with E-state index in [2.05, 4.69) is 32.7 Å². The van der Waals surface area contributed by atoms with Crippen LogP contribution in [0.25, 0.3) is 0 Å². The molecule has 0 aliphatic rings. The van der Waals surface area contributed by atoms with Gasteiger partial charge in [0.05, 0.1) is 4.99 Å². The fourth-order valence-corrected chi connectivity index (χ4v) is 1.09. The summed E-state index contributed by atoms with van der Waals surface area (Å²) in [5.41, 5.74) is 5.53. The maximum Gasteiger partial charge on any atom is 0.0768 e. The molecule has 0 bridgehead atoms. The van der Waals surface area contributed by atoms with Gasteiger partial charge in [-0.1, -0.05) is 26.1 Å². The minimum atomic E-state index is 0.319. The molecule has 0 spiro atoms. The van der Waals surface area contributed by atoms with Crippen molar-refractivity contribution in [2.24, 2.45) is 11.7 Å². The quantitative estimate of drug-likeness (QED) is 0.665. The fraction of sp³-hybridized carbons (Fsp3) is 0.889. The Morgan fingerprint density at radius 3 is 2.33 bits per heavy atom. The highest BCUT2D eigenvalue weighted by Crippen LogP contribution is 2.04. The smallest absolute Gasteiger partial charge is 0.0768 e. The van der Waals surface area contributed by atoms with E-state index in [4.69, 9.17) is 18.0 Å². The van der Waals surface area contributed by atoms with Gasteiger partial charge in [-0.25, -0.2) is 0 Å². The van der Waals surface area contributed by atoms with Gasteiger partial charge in [0.1, 0.15) is 0 Å². The molecular weight excluding hydrogens is 168 g/mol. The lowest BCUT2D eigenvalue weighted by molar-refractivity contribution is 0.239. The third-order valence-electron chi connectivity index (χ3n) is 2.39. The SMILES string of the molecule is CCC(C)N(C)CC(C)C(N)=S. The molecule has 2 nitrogen and oxygen atoms in total. The highest BCUT2D eigenvalue weighted by atomic mass is 32.1. The molecule has 0 aliphatic heterocycles. The van der Waals surface area contributed by atoms with Crippen LogP contribution in [0.2, 0.25) is 0 Å². The molecule has 0 saturated heterocycles. The molecule has 0 saturated carbocycles. The van der Waals surface area contributed by atoms with Gasteiger partial charge in [0, 0.05) is 18.5 Å². The Hall–Kier alpha value is -0.150. The van der Waals surface area contributed by atoms with Gasteiger partial charge < -0.3 is 10.6 Å². The maximum absolute atomic E-state index is 5.53. The Bertz CT molecular complexity index is 147. The third kappa shape index (κ3) is 4.02. The van der Waals surface area contributed by atoms with E-state index >= 15 is 0 Å². The van der Waals surface area contributed by atoms with Crippen molar-refractivity contribution < 1.29 is 0 Å². The predicted octanol–water partition coefficient (Wildman–Crippen LogP) is 1.64. The molecule has 0 aromatic heterocycles. The van der Waals surface area contributed by atoms with E-state index in [1.165, 1.54) is 6.42 Å².